The zero-order valence-electron chi connectivity index (χ0n) is 13.5. The average molecular weight is 268 g/mol. The lowest BCUT2D eigenvalue weighted by Crippen LogP contribution is -2.34. The van der Waals surface area contributed by atoms with E-state index in [9.17, 15) is 4.79 Å². The molecule has 0 radical (unpaired) electrons. The van der Waals surface area contributed by atoms with Crippen molar-refractivity contribution in [1.29, 1.82) is 0 Å². The Morgan fingerprint density at radius 1 is 1.32 bits per heavy atom. The normalized spacial score (nSPS) is 21.9. The first-order chi connectivity index (χ1) is 8.80. The summed E-state index contributed by atoms with van der Waals surface area (Å²) in [5, 5.41) is 3.41. The van der Waals surface area contributed by atoms with Crippen molar-refractivity contribution in [1.82, 2.24) is 10.2 Å². The van der Waals surface area contributed by atoms with E-state index >= 15 is 0 Å². The number of hydrogen-bond donors (Lipinski definition) is 1. The zero-order chi connectivity index (χ0) is 14.5. The molecule has 3 heteroatoms. The summed E-state index contributed by atoms with van der Waals surface area (Å²) in [7, 11) is 0. The number of nitrogens with zero attached hydrogens (tertiary/aromatic N) is 1. The van der Waals surface area contributed by atoms with Gasteiger partial charge in [-0.05, 0) is 37.1 Å². The molecule has 3 nitrogen and oxygen atoms in total. The Bertz CT molecular complexity index is 281. The van der Waals surface area contributed by atoms with Crippen LogP contribution < -0.4 is 5.32 Å². The van der Waals surface area contributed by atoms with E-state index in [1.165, 1.54) is 0 Å². The SMILES string of the molecule is CC(C)NCCCN1CCC(C(C)(C)C)CCC1=O. The van der Waals surface area contributed by atoms with E-state index in [1.807, 2.05) is 0 Å². The Morgan fingerprint density at radius 2 is 2.00 bits per heavy atom. The third kappa shape index (κ3) is 5.94. The van der Waals surface area contributed by atoms with E-state index in [0.717, 1.165) is 45.3 Å². The molecule has 1 rings (SSSR count). The van der Waals surface area contributed by atoms with Crippen LogP contribution in [-0.4, -0.2) is 36.5 Å². The molecule has 1 aliphatic rings. The lowest BCUT2D eigenvalue weighted by molar-refractivity contribution is -0.130. The molecule has 0 aromatic rings. The van der Waals surface area contributed by atoms with Crippen LogP contribution in [0.25, 0.3) is 0 Å². The number of carbonyl (C=O) groups is 1. The molecule has 1 amide bonds. The molecule has 1 fully saturated rings. The predicted molar refractivity (Wildman–Crippen MR) is 81.1 cm³/mol. The molecular weight excluding hydrogens is 236 g/mol. The molecule has 1 saturated heterocycles. The molecule has 0 aromatic heterocycles. The Kier molecular flexibility index (Phi) is 6.31. The van der Waals surface area contributed by atoms with E-state index in [1.54, 1.807) is 0 Å². The third-order valence-corrected chi connectivity index (χ3v) is 4.19. The van der Waals surface area contributed by atoms with Crippen molar-refractivity contribution in [3.63, 3.8) is 0 Å². The number of hydrogen-bond acceptors (Lipinski definition) is 2. The maximum absolute atomic E-state index is 12.1. The molecule has 1 unspecified atom stereocenters. The van der Waals surface area contributed by atoms with Gasteiger partial charge in [0.1, 0.15) is 0 Å². The number of carbonyl (C=O) groups excluding carboxylic acids is 1. The molecule has 0 aromatic carbocycles. The van der Waals surface area contributed by atoms with Crippen LogP contribution >= 0.6 is 0 Å². The number of rotatable bonds is 5. The minimum atomic E-state index is 0.329. The van der Waals surface area contributed by atoms with Crippen molar-refractivity contribution in [2.75, 3.05) is 19.6 Å². The van der Waals surface area contributed by atoms with Crippen molar-refractivity contribution < 1.29 is 4.79 Å². The summed E-state index contributed by atoms with van der Waals surface area (Å²) >= 11 is 0. The quantitative estimate of drug-likeness (QED) is 0.777. The fourth-order valence-corrected chi connectivity index (χ4v) is 2.80. The van der Waals surface area contributed by atoms with Gasteiger partial charge in [0.2, 0.25) is 5.91 Å². The summed E-state index contributed by atoms with van der Waals surface area (Å²) in [5.74, 6) is 1.03. The maximum atomic E-state index is 12.1. The molecule has 0 aliphatic carbocycles. The molecule has 0 bridgehead atoms. The van der Waals surface area contributed by atoms with Crippen molar-refractivity contribution in [2.24, 2.45) is 11.3 Å². The van der Waals surface area contributed by atoms with Crippen LogP contribution in [0.3, 0.4) is 0 Å². The highest BCUT2D eigenvalue weighted by Gasteiger charge is 2.29. The van der Waals surface area contributed by atoms with E-state index in [-0.39, 0.29) is 0 Å². The first-order valence-corrected chi connectivity index (χ1v) is 7.82. The van der Waals surface area contributed by atoms with Crippen LogP contribution in [0.2, 0.25) is 0 Å². The van der Waals surface area contributed by atoms with Gasteiger partial charge in [0, 0.05) is 25.6 Å². The van der Waals surface area contributed by atoms with Crippen LogP contribution in [0, 0.1) is 11.3 Å². The zero-order valence-corrected chi connectivity index (χ0v) is 13.5. The number of nitrogens with one attached hydrogen (secondary N) is 1. The van der Waals surface area contributed by atoms with Gasteiger partial charge >= 0.3 is 0 Å². The fraction of sp³-hybridized carbons (Fsp3) is 0.938. The van der Waals surface area contributed by atoms with Gasteiger partial charge in [0.05, 0.1) is 0 Å². The molecule has 1 N–H and O–H groups in total. The second-order valence-electron chi connectivity index (χ2n) is 7.23. The van der Waals surface area contributed by atoms with Crippen molar-refractivity contribution in [3.8, 4) is 0 Å². The van der Waals surface area contributed by atoms with E-state index in [2.05, 4.69) is 44.8 Å². The second kappa shape index (κ2) is 7.28. The van der Waals surface area contributed by atoms with Gasteiger partial charge in [0.15, 0.2) is 0 Å². The van der Waals surface area contributed by atoms with Gasteiger partial charge in [-0.25, -0.2) is 0 Å². The minimum absolute atomic E-state index is 0.329. The summed E-state index contributed by atoms with van der Waals surface area (Å²) in [4.78, 5) is 14.2. The summed E-state index contributed by atoms with van der Waals surface area (Å²) in [6.07, 6.45) is 4.01. The lowest BCUT2D eigenvalue weighted by Gasteiger charge is -2.29. The Balaban J connectivity index is 2.37. The lowest BCUT2D eigenvalue weighted by atomic mass is 9.77. The molecule has 19 heavy (non-hydrogen) atoms. The van der Waals surface area contributed by atoms with Crippen molar-refractivity contribution in [3.05, 3.63) is 0 Å². The minimum Gasteiger partial charge on any atom is -0.343 e. The molecule has 112 valence electrons. The largest absolute Gasteiger partial charge is 0.343 e. The average Bonchev–Trinajstić information content (AvgIpc) is 2.46. The fourth-order valence-electron chi connectivity index (χ4n) is 2.80. The van der Waals surface area contributed by atoms with Crippen LogP contribution in [0.1, 0.15) is 60.3 Å². The van der Waals surface area contributed by atoms with Crippen LogP contribution in [-0.2, 0) is 4.79 Å². The Morgan fingerprint density at radius 3 is 2.58 bits per heavy atom. The van der Waals surface area contributed by atoms with Gasteiger partial charge in [-0.1, -0.05) is 34.6 Å². The van der Waals surface area contributed by atoms with Crippen molar-refractivity contribution >= 4 is 5.91 Å². The van der Waals surface area contributed by atoms with Crippen LogP contribution in [0.4, 0.5) is 0 Å². The highest BCUT2D eigenvalue weighted by molar-refractivity contribution is 5.76. The summed E-state index contributed by atoms with van der Waals surface area (Å²) < 4.78 is 0. The highest BCUT2D eigenvalue weighted by atomic mass is 16.2. The second-order valence-corrected chi connectivity index (χ2v) is 7.23. The number of amides is 1. The Labute approximate surface area is 119 Å². The van der Waals surface area contributed by atoms with Gasteiger partial charge in [-0.15, -0.1) is 0 Å². The summed E-state index contributed by atoms with van der Waals surface area (Å²) in [6, 6.07) is 0.533. The monoisotopic (exact) mass is 268 g/mol. The van der Waals surface area contributed by atoms with Crippen molar-refractivity contribution in [2.45, 2.75) is 66.3 Å². The third-order valence-electron chi connectivity index (χ3n) is 4.19. The maximum Gasteiger partial charge on any atom is 0.222 e. The Hall–Kier alpha value is -0.570. The number of likely N-dealkylation sites (tertiary alicyclic amines) is 1. The molecule has 0 saturated carbocycles. The standard InChI is InChI=1S/C16H32N2O/c1-13(2)17-10-6-11-18-12-9-14(16(3,4)5)7-8-15(18)19/h13-14,17H,6-12H2,1-5H3. The topological polar surface area (TPSA) is 32.3 Å². The van der Waals surface area contributed by atoms with Gasteiger partial charge in [-0.2, -0.15) is 0 Å². The van der Waals surface area contributed by atoms with Gasteiger partial charge in [-0.3, -0.25) is 4.79 Å². The summed E-state index contributed by atoms with van der Waals surface area (Å²) in [6.45, 7) is 14.1. The predicted octanol–water partition coefficient (Wildman–Crippen LogP) is 3.05. The molecule has 1 heterocycles. The highest BCUT2D eigenvalue weighted by Crippen LogP contribution is 2.34. The molecule has 0 spiro atoms. The van der Waals surface area contributed by atoms with E-state index < -0.39 is 0 Å². The summed E-state index contributed by atoms with van der Waals surface area (Å²) in [5.41, 5.74) is 0.329. The van der Waals surface area contributed by atoms with Crippen LogP contribution in [0.5, 0.6) is 0 Å². The van der Waals surface area contributed by atoms with Gasteiger partial charge < -0.3 is 10.2 Å². The molecule has 1 atom stereocenters. The van der Waals surface area contributed by atoms with Gasteiger partial charge in [0.25, 0.3) is 0 Å². The van der Waals surface area contributed by atoms with Crippen LogP contribution in [0.15, 0.2) is 0 Å². The molecular formula is C16H32N2O. The first-order valence-electron chi connectivity index (χ1n) is 7.82. The first kappa shape index (κ1) is 16.5. The van der Waals surface area contributed by atoms with E-state index in [4.69, 9.17) is 0 Å². The smallest absolute Gasteiger partial charge is 0.222 e. The molecule has 1 aliphatic heterocycles. The van der Waals surface area contributed by atoms with E-state index in [0.29, 0.717) is 23.3 Å².